The molecule has 0 aromatic heterocycles. The highest BCUT2D eigenvalue weighted by atomic mass is 16.3. The third-order valence-electron chi connectivity index (χ3n) is 9.52. The van der Waals surface area contributed by atoms with Gasteiger partial charge in [0, 0.05) is 6.61 Å². The van der Waals surface area contributed by atoms with Crippen molar-refractivity contribution in [2.75, 3.05) is 6.61 Å². The molecule has 0 spiro atoms. The van der Waals surface area contributed by atoms with E-state index in [9.17, 15) is 5.11 Å². The van der Waals surface area contributed by atoms with E-state index in [0.717, 1.165) is 41.4 Å². The van der Waals surface area contributed by atoms with E-state index in [1.165, 1.54) is 64.2 Å². The van der Waals surface area contributed by atoms with Gasteiger partial charge in [0.2, 0.25) is 0 Å². The molecule has 1 heteroatoms. The fourth-order valence-electron chi connectivity index (χ4n) is 8.19. The van der Waals surface area contributed by atoms with Gasteiger partial charge < -0.3 is 5.11 Å². The highest BCUT2D eigenvalue weighted by Gasteiger charge is 2.57. The van der Waals surface area contributed by atoms with Crippen molar-refractivity contribution in [1.82, 2.24) is 0 Å². The normalized spacial score (nSPS) is 48.0. The maximum absolute atomic E-state index is 9.77. The number of aliphatic hydroxyl groups excluding tert-OH is 1. The van der Waals surface area contributed by atoms with Crippen molar-refractivity contribution in [2.24, 2.45) is 52.8 Å². The van der Waals surface area contributed by atoms with Gasteiger partial charge >= 0.3 is 0 Å². The van der Waals surface area contributed by atoms with Gasteiger partial charge in [0.15, 0.2) is 0 Å². The smallest absolute Gasteiger partial charge is 0.0459 e. The van der Waals surface area contributed by atoms with Gasteiger partial charge in [-0.1, -0.05) is 46.5 Å². The fourth-order valence-corrected chi connectivity index (χ4v) is 8.19. The molecule has 0 bridgehead atoms. The second-order valence-electron chi connectivity index (χ2n) is 10.8. The van der Waals surface area contributed by atoms with Gasteiger partial charge in [0.1, 0.15) is 0 Å². The predicted molar refractivity (Wildman–Crippen MR) is 105 cm³/mol. The lowest BCUT2D eigenvalue weighted by molar-refractivity contribution is -0.0660. The summed E-state index contributed by atoms with van der Waals surface area (Å²) in [4.78, 5) is 0. The Balaban J connectivity index is 1.51. The summed E-state index contributed by atoms with van der Waals surface area (Å²) in [7, 11) is 0. The molecule has 8 unspecified atom stereocenters. The van der Waals surface area contributed by atoms with Crippen LogP contribution in [0.15, 0.2) is 0 Å². The van der Waals surface area contributed by atoms with Gasteiger partial charge in [-0.3, -0.25) is 0 Å². The molecular formula is C24H42O. The first kappa shape index (κ1) is 18.3. The Bertz CT molecular complexity index is 455. The largest absolute Gasteiger partial charge is 0.396 e. The number of fused-ring (bicyclic) bond motifs is 3. The number of rotatable bonds is 6. The van der Waals surface area contributed by atoms with Crippen LogP contribution in [0.5, 0.6) is 0 Å². The molecule has 0 radical (unpaired) electrons. The fraction of sp³-hybridized carbons (Fsp3) is 1.00. The van der Waals surface area contributed by atoms with Gasteiger partial charge in [0.25, 0.3) is 0 Å². The molecule has 4 fully saturated rings. The van der Waals surface area contributed by atoms with Crippen LogP contribution >= 0.6 is 0 Å². The first-order valence-electron chi connectivity index (χ1n) is 11.7. The summed E-state index contributed by atoms with van der Waals surface area (Å²) < 4.78 is 0. The molecule has 4 aliphatic carbocycles. The Kier molecular flexibility index (Phi) is 5.26. The molecular weight excluding hydrogens is 304 g/mol. The second kappa shape index (κ2) is 7.17. The van der Waals surface area contributed by atoms with E-state index in [4.69, 9.17) is 0 Å². The van der Waals surface area contributed by atoms with Crippen molar-refractivity contribution in [1.29, 1.82) is 0 Å². The molecule has 0 heterocycles. The van der Waals surface area contributed by atoms with E-state index < -0.39 is 0 Å². The minimum absolute atomic E-state index is 0.392. The van der Waals surface area contributed by atoms with Gasteiger partial charge in [0.05, 0.1) is 0 Å². The summed E-state index contributed by atoms with van der Waals surface area (Å²) in [6, 6.07) is 0. The maximum Gasteiger partial charge on any atom is 0.0459 e. The van der Waals surface area contributed by atoms with Crippen molar-refractivity contribution in [2.45, 2.75) is 91.4 Å². The van der Waals surface area contributed by atoms with E-state index >= 15 is 0 Å². The van der Waals surface area contributed by atoms with Crippen molar-refractivity contribution in [3.8, 4) is 0 Å². The summed E-state index contributed by atoms with van der Waals surface area (Å²) in [5.74, 6) is 7.51. The van der Waals surface area contributed by atoms with Crippen LogP contribution in [-0.2, 0) is 0 Å². The molecule has 0 saturated heterocycles. The summed E-state index contributed by atoms with van der Waals surface area (Å²) >= 11 is 0. The van der Waals surface area contributed by atoms with Gasteiger partial charge in [-0.15, -0.1) is 0 Å². The second-order valence-corrected chi connectivity index (χ2v) is 10.8. The Morgan fingerprint density at radius 3 is 2.48 bits per heavy atom. The van der Waals surface area contributed by atoms with Crippen LogP contribution in [0, 0.1) is 52.8 Å². The molecule has 4 saturated carbocycles. The molecule has 0 amide bonds. The van der Waals surface area contributed by atoms with Crippen molar-refractivity contribution < 1.29 is 5.11 Å². The van der Waals surface area contributed by atoms with Crippen LogP contribution in [0.2, 0.25) is 0 Å². The van der Waals surface area contributed by atoms with Crippen LogP contribution in [0.3, 0.4) is 0 Å². The number of hydrogen-bond acceptors (Lipinski definition) is 1. The minimum Gasteiger partial charge on any atom is -0.396 e. The lowest BCUT2D eigenvalue weighted by Crippen LogP contribution is -2.48. The maximum atomic E-state index is 9.77. The zero-order valence-corrected chi connectivity index (χ0v) is 17.1. The molecule has 144 valence electrons. The third kappa shape index (κ3) is 3.21. The van der Waals surface area contributed by atoms with E-state index in [1.807, 2.05) is 0 Å². The Labute approximate surface area is 156 Å². The van der Waals surface area contributed by atoms with Crippen LogP contribution in [0.4, 0.5) is 0 Å². The monoisotopic (exact) mass is 346 g/mol. The van der Waals surface area contributed by atoms with Crippen LogP contribution in [0.25, 0.3) is 0 Å². The molecule has 8 atom stereocenters. The zero-order chi connectivity index (χ0) is 17.6. The molecule has 4 aliphatic rings. The minimum atomic E-state index is 0.392. The highest BCUT2D eigenvalue weighted by Crippen LogP contribution is 2.65. The van der Waals surface area contributed by atoms with Crippen molar-refractivity contribution >= 4 is 0 Å². The zero-order valence-electron chi connectivity index (χ0n) is 17.1. The molecule has 4 rings (SSSR count). The third-order valence-corrected chi connectivity index (χ3v) is 9.52. The predicted octanol–water partition coefficient (Wildman–Crippen LogP) is 6.30. The van der Waals surface area contributed by atoms with E-state index in [2.05, 4.69) is 20.8 Å². The Morgan fingerprint density at radius 2 is 1.80 bits per heavy atom. The summed E-state index contributed by atoms with van der Waals surface area (Å²) in [6.07, 6.45) is 16.4. The first-order valence-corrected chi connectivity index (χ1v) is 11.7. The Morgan fingerprint density at radius 1 is 1.00 bits per heavy atom. The molecule has 0 aromatic carbocycles. The molecule has 0 aliphatic heterocycles. The van der Waals surface area contributed by atoms with Crippen LogP contribution in [0.1, 0.15) is 91.4 Å². The molecule has 0 aromatic rings. The number of aliphatic hydroxyl groups is 1. The number of hydrogen-bond donors (Lipinski definition) is 1. The lowest BCUT2D eigenvalue weighted by Gasteiger charge is -2.55. The average molecular weight is 347 g/mol. The summed E-state index contributed by atoms with van der Waals surface area (Å²) in [5.41, 5.74) is 0.531. The summed E-state index contributed by atoms with van der Waals surface area (Å²) in [6.45, 7) is 7.72. The van der Waals surface area contributed by atoms with Gasteiger partial charge in [-0.2, -0.15) is 0 Å². The first-order chi connectivity index (χ1) is 12.1. The SMILES string of the molecule is CCCC1C(CC2CC2)CCC2C1CCC1(C)C(C(C)CO)CCC21. The molecule has 1 nitrogen and oxygen atoms in total. The van der Waals surface area contributed by atoms with E-state index in [1.54, 1.807) is 6.42 Å². The van der Waals surface area contributed by atoms with Crippen molar-refractivity contribution in [3.63, 3.8) is 0 Å². The van der Waals surface area contributed by atoms with Crippen LogP contribution in [-0.4, -0.2) is 11.7 Å². The molecule has 25 heavy (non-hydrogen) atoms. The van der Waals surface area contributed by atoms with Gasteiger partial charge in [-0.25, -0.2) is 0 Å². The highest BCUT2D eigenvalue weighted by molar-refractivity contribution is 5.06. The summed E-state index contributed by atoms with van der Waals surface area (Å²) in [5, 5.41) is 9.77. The molecule has 1 N–H and O–H groups in total. The van der Waals surface area contributed by atoms with E-state index in [0.29, 0.717) is 17.9 Å². The quantitative estimate of drug-likeness (QED) is 0.598. The van der Waals surface area contributed by atoms with Gasteiger partial charge in [-0.05, 0) is 97.7 Å². The topological polar surface area (TPSA) is 20.2 Å². The standard InChI is InChI=1S/C24H42O/c1-4-5-19-18(14-17-6-7-17)8-9-21-20(19)12-13-24(3)22(16(2)15-25)10-11-23(21)24/h16-23,25H,4-15H2,1-3H3. The average Bonchev–Trinajstić information content (AvgIpc) is 3.35. The Hall–Kier alpha value is -0.0400. The van der Waals surface area contributed by atoms with E-state index in [-0.39, 0.29) is 0 Å². The van der Waals surface area contributed by atoms with Crippen molar-refractivity contribution in [3.05, 3.63) is 0 Å². The van der Waals surface area contributed by atoms with Crippen LogP contribution < -0.4 is 0 Å². The lowest BCUT2D eigenvalue weighted by atomic mass is 9.50.